The number of hydrogen-bond donors (Lipinski definition) is 1. The number of rotatable bonds is 1. The lowest BCUT2D eigenvalue weighted by molar-refractivity contribution is -0.138. The van der Waals surface area contributed by atoms with Gasteiger partial charge in [-0.3, -0.25) is 0 Å². The zero-order chi connectivity index (χ0) is 12.5. The summed E-state index contributed by atoms with van der Waals surface area (Å²) in [6.45, 7) is 1.42. The van der Waals surface area contributed by atoms with Crippen LogP contribution in [0.4, 0.5) is 17.6 Å². The zero-order valence-corrected chi connectivity index (χ0v) is 9.15. The van der Waals surface area contributed by atoms with Crippen molar-refractivity contribution in [3.05, 3.63) is 35.1 Å². The molecule has 1 fully saturated rings. The number of piperidine rings is 1. The molecule has 0 unspecified atom stereocenters. The summed E-state index contributed by atoms with van der Waals surface area (Å²) in [4.78, 5) is 0. The maximum Gasteiger partial charge on any atom is 0.416 e. The van der Waals surface area contributed by atoms with Crippen molar-refractivity contribution in [3.8, 4) is 0 Å². The van der Waals surface area contributed by atoms with Gasteiger partial charge in [-0.15, -0.1) is 0 Å². The van der Waals surface area contributed by atoms with Gasteiger partial charge in [0.25, 0.3) is 0 Å². The Hall–Kier alpha value is -1.10. The van der Waals surface area contributed by atoms with Crippen molar-refractivity contribution in [3.63, 3.8) is 0 Å². The molecule has 1 aromatic carbocycles. The van der Waals surface area contributed by atoms with Gasteiger partial charge in [-0.1, -0.05) is 6.07 Å². The molecular formula is C12H13F4N. The van der Waals surface area contributed by atoms with Crippen LogP contribution < -0.4 is 5.32 Å². The Morgan fingerprint density at radius 1 is 1.12 bits per heavy atom. The minimum absolute atomic E-state index is 0.131. The largest absolute Gasteiger partial charge is 0.416 e. The molecule has 1 aliphatic heterocycles. The van der Waals surface area contributed by atoms with E-state index in [2.05, 4.69) is 5.32 Å². The van der Waals surface area contributed by atoms with Crippen molar-refractivity contribution in [2.75, 3.05) is 13.1 Å². The number of benzene rings is 1. The maximum atomic E-state index is 12.9. The molecule has 0 aliphatic carbocycles. The van der Waals surface area contributed by atoms with Crippen molar-refractivity contribution in [2.24, 2.45) is 0 Å². The van der Waals surface area contributed by atoms with Crippen molar-refractivity contribution >= 4 is 0 Å². The van der Waals surface area contributed by atoms with Crippen LogP contribution in [0.15, 0.2) is 18.2 Å². The average molecular weight is 247 g/mol. The maximum absolute atomic E-state index is 12.9. The first kappa shape index (κ1) is 12.4. The van der Waals surface area contributed by atoms with E-state index >= 15 is 0 Å². The number of nitrogens with one attached hydrogen (secondary N) is 1. The van der Waals surface area contributed by atoms with Gasteiger partial charge in [0, 0.05) is 0 Å². The first-order valence-electron chi connectivity index (χ1n) is 5.56. The van der Waals surface area contributed by atoms with E-state index in [0.717, 1.165) is 6.07 Å². The van der Waals surface area contributed by atoms with Gasteiger partial charge in [0.15, 0.2) is 0 Å². The number of halogens is 4. The van der Waals surface area contributed by atoms with Crippen LogP contribution in [0.1, 0.15) is 29.9 Å². The third-order valence-electron chi connectivity index (χ3n) is 3.10. The highest BCUT2D eigenvalue weighted by Crippen LogP contribution is 2.38. The topological polar surface area (TPSA) is 12.0 Å². The molecule has 0 amide bonds. The lowest BCUT2D eigenvalue weighted by atomic mass is 9.87. The van der Waals surface area contributed by atoms with Gasteiger partial charge in [-0.25, -0.2) is 4.39 Å². The van der Waals surface area contributed by atoms with E-state index in [1.807, 2.05) is 0 Å². The van der Waals surface area contributed by atoms with Crippen LogP contribution in [0.25, 0.3) is 0 Å². The molecule has 2 rings (SSSR count). The molecule has 1 saturated heterocycles. The summed E-state index contributed by atoms with van der Waals surface area (Å²) < 4.78 is 51.3. The molecule has 0 aromatic heterocycles. The van der Waals surface area contributed by atoms with Crippen LogP contribution in [0.3, 0.4) is 0 Å². The summed E-state index contributed by atoms with van der Waals surface area (Å²) in [5.41, 5.74) is -0.607. The second-order valence-electron chi connectivity index (χ2n) is 4.25. The van der Waals surface area contributed by atoms with Crippen LogP contribution in [-0.2, 0) is 6.18 Å². The Labute approximate surface area is 96.8 Å². The van der Waals surface area contributed by atoms with Gasteiger partial charge < -0.3 is 5.32 Å². The Morgan fingerprint density at radius 3 is 2.35 bits per heavy atom. The molecule has 0 radical (unpaired) electrons. The first-order chi connectivity index (χ1) is 7.98. The van der Waals surface area contributed by atoms with Crippen LogP contribution in [0.2, 0.25) is 0 Å². The fraction of sp³-hybridized carbons (Fsp3) is 0.500. The average Bonchev–Trinajstić information content (AvgIpc) is 2.29. The van der Waals surface area contributed by atoms with E-state index in [4.69, 9.17) is 0 Å². The van der Waals surface area contributed by atoms with E-state index < -0.39 is 17.6 Å². The second kappa shape index (κ2) is 4.64. The molecule has 1 nitrogen and oxygen atoms in total. The van der Waals surface area contributed by atoms with Crippen LogP contribution in [-0.4, -0.2) is 13.1 Å². The zero-order valence-electron chi connectivity index (χ0n) is 9.15. The van der Waals surface area contributed by atoms with E-state index in [1.165, 1.54) is 6.07 Å². The quantitative estimate of drug-likeness (QED) is 0.751. The summed E-state index contributed by atoms with van der Waals surface area (Å²) in [6.07, 6.45) is -3.16. The third-order valence-corrected chi connectivity index (χ3v) is 3.10. The molecule has 5 heteroatoms. The normalized spacial score (nSPS) is 18.4. The van der Waals surface area contributed by atoms with E-state index in [0.29, 0.717) is 32.0 Å². The Morgan fingerprint density at radius 2 is 1.76 bits per heavy atom. The van der Waals surface area contributed by atoms with Crippen LogP contribution in [0.5, 0.6) is 0 Å². The second-order valence-corrected chi connectivity index (χ2v) is 4.25. The van der Waals surface area contributed by atoms with Crippen LogP contribution in [0, 0.1) is 5.82 Å². The molecule has 1 aromatic rings. The molecule has 0 bridgehead atoms. The predicted molar refractivity (Wildman–Crippen MR) is 56.2 cm³/mol. The first-order valence-corrected chi connectivity index (χ1v) is 5.56. The summed E-state index contributed by atoms with van der Waals surface area (Å²) in [5, 5.41) is 3.10. The third kappa shape index (κ3) is 2.77. The van der Waals surface area contributed by atoms with Gasteiger partial charge in [0.05, 0.1) is 5.56 Å². The van der Waals surface area contributed by atoms with Crippen molar-refractivity contribution in [1.29, 1.82) is 0 Å². The van der Waals surface area contributed by atoms with Crippen LogP contribution >= 0.6 is 0 Å². The van der Waals surface area contributed by atoms with E-state index in [-0.39, 0.29) is 11.5 Å². The van der Waals surface area contributed by atoms with Crippen molar-refractivity contribution in [2.45, 2.75) is 24.9 Å². The Balaban J connectivity index is 2.38. The van der Waals surface area contributed by atoms with Crippen molar-refractivity contribution in [1.82, 2.24) is 5.32 Å². The van der Waals surface area contributed by atoms with E-state index in [1.54, 1.807) is 0 Å². The van der Waals surface area contributed by atoms with Gasteiger partial charge in [0.1, 0.15) is 5.82 Å². The molecule has 0 saturated carbocycles. The van der Waals surface area contributed by atoms with E-state index in [9.17, 15) is 17.6 Å². The Kier molecular flexibility index (Phi) is 3.38. The fourth-order valence-electron chi connectivity index (χ4n) is 2.26. The lowest BCUT2D eigenvalue weighted by Crippen LogP contribution is -2.27. The smallest absolute Gasteiger partial charge is 0.317 e. The molecule has 0 spiro atoms. The predicted octanol–water partition coefficient (Wildman–Crippen LogP) is 3.31. The highest BCUT2D eigenvalue weighted by atomic mass is 19.4. The number of alkyl halides is 3. The molecule has 0 atom stereocenters. The number of hydrogen-bond acceptors (Lipinski definition) is 1. The SMILES string of the molecule is Fc1ccc(C2CCNCC2)c(C(F)(F)F)c1. The molecule has 1 N–H and O–H groups in total. The highest BCUT2D eigenvalue weighted by molar-refractivity contribution is 5.33. The fourth-order valence-corrected chi connectivity index (χ4v) is 2.26. The Bertz CT molecular complexity index is 394. The lowest BCUT2D eigenvalue weighted by Gasteiger charge is -2.25. The monoisotopic (exact) mass is 247 g/mol. The summed E-state index contributed by atoms with van der Waals surface area (Å²) in [5.74, 6) is -0.969. The standard InChI is InChI=1S/C12H13F4N/c13-9-1-2-10(8-3-5-17-6-4-8)11(7-9)12(14,15)16/h1-2,7-8,17H,3-6H2. The molecule has 1 heterocycles. The summed E-state index contributed by atoms with van der Waals surface area (Å²) >= 11 is 0. The summed E-state index contributed by atoms with van der Waals surface area (Å²) in [7, 11) is 0. The molecule has 17 heavy (non-hydrogen) atoms. The summed E-state index contributed by atoms with van der Waals surface area (Å²) in [6, 6.07) is 2.97. The van der Waals surface area contributed by atoms with Gasteiger partial charge in [-0.05, 0) is 49.5 Å². The van der Waals surface area contributed by atoms with Gasteiger partial charge in [-0.2, -0.15) is 13.2 Å². The highest BCUT2D eigenvalue weighted by Gasteiger charge is 2.35. The molecular weight excluding hydrogens is 234 g/mol. The minimum Gasteiger partial charge on any atom is -0.317 e. The molecule has 94 valence electrons. The molecule has 1 aliphatic rings. The minimum atomic E-state index is -4.48. The van der Waals surface area contributed by atoms with Gasteiger partial charge >= 0.3 is 6.18 Å². The van der Waals surface area contributed by atoms with Gasteiger partial charge in [0.2, 0.25) is 0 Å². The van der Waals surface area contributed by atoms with Crippen molar-refractivity contribution < 1.29 is 17.6 Å².